The van der Waals surface area contributed by atoms with E-state index in [9.17, 15) is 4.79 Å². The first kappa shape index (κ1) is 17.0. The van der Waals surface area contributed by atoms with Crippen LogP contribution in [-0.2, 0) is 6.54 Å². The summed E-state index contributed by atoms with van der Waals surface area (Å²) in [5.74, 6) is -0.0267. The molecule has 1 atom stereocenters. The minimum atomic E-state index is -0.402. The van der Waals surface area contributed by atoms with E-state index in [0.29, 0.717) is 11.5 Å². The number of amides is 1. The van der Waals surface area contributed by atoms with Gasteiger partial charge in [0.25, 0.3) is 0 Å². The van der Waals surface area contributed by atoms with E-state index in [0.717, 1.165) is 24.3 Å². The molecule has 4 nitrogen and oxygen atoms in total. The van der Waals surface area contributed by atoms with Gasteiger partial charge >= 0.3 is 0 Å². The predicted octanol–water partition coefficient (Wildman–Crippen LogP) is 3.06. The third kappa shape index (κ3) is 4.83. The molecule has 2 aromatic rings. The monoisotopic (exact) mass is 311 g/mol. The molecule has 0 radical (unpaired) electrons. The second kappa shape index (κ2) is 7.79. The molecule has 1 amide bonds. The van der Waals surface area contributed by atoms with Crippen LogP contribution >= 0.6 is 0 Å². The van der Waals surface area contributed by atoms with Crippen LogP contribution in [0.25, 0.3) is 0 Å². The number of carbonyl (C=O) groups excluding carboxylic acids is 1. The zero-order valence-corrected chi connectivity index (χ0v) is 14.0. The van der Waals surface area contributed by atoms with Crippen molar-refractivity contribution in [2.75, 3.05) is 26.0 Å². The first-order valence-electron chi connectivity index (χ1n) is 7.83. The molecule has 0 heterocycles. The molecule has 122 valence electrons. The Labute approximate surface area is 138 Å². The second-order valence-corrected chi connectivity index (χ2v) is 6.17. The number of nitrogens with zero attached hydrogens (tertiary/aromatic N) is 1. The highest BCUT2D eigenvalue weighted by Crippen LogP contribution is 2.21. The Morgan fingerprint density at radius 1 is 1.17 bits per heavy atom. The van der Waals surface area contributed by atoms with Gasteiger partial charge in [0.05, 0.1) is 0 Å². The van der Waals surface area contributed by atoms with Crippen LogP contribution in [0, 0.1) is 0 Å². The van der Waals surface area contributed by atoms with Gasteiger partial charge in [0.15, 0.2) is 0 Å². The molecular weight excluding hydrogens is 286 g/mol. The van der Waals surface area contributed by atoms with E-state index < -0.39 is 5.91 Å². The van der Waals surface area contributed by atoms with E-state index in [2.05, 4.69) is 41.4 Å². The van der Waals surface area contributed by atoms with E-state index in [1.165, 1.54) is 5.56 Å². The minimum absolute atomic E-state index is 0.376. The van der Waals surface area contributed by atoms with Crippen molar-refractivity contribution in [3.63, 3.8) is 0 Å². The first-order chi connectivity index (χ1) is 11.0. The summed E-state index contributed by atoms with van der Waals surface area (Å²) >= 11 is 0. The molecule has 0 spiro atoms. The number of carbonyl (C=O) groups is 1. The zero-order valence-electron chi connectivity index (χ0n) is 14.0. The lowest BCUT2D eigenvalue weighted by Crippen LogP contribution is -2.17. The average Bonchev–Trinajstić information content (AvgIpc) is 2.53. The molecule has 0 aliphatic heterocycles. The molecule has 2 aromatic carbocycles. The van der Waals surface area contributed by atoms with Gasteiger partial charge in [0.2, 0.25) is 5.91 Å². The lowest BCUT2D eigenvalue weighted by Gasteiger charge is -2.19. The van der Waals surface area contributed by atoms with Gasteiger partial charge in [-0.15, -0.1) is 0 Å². The molecule has 0 aromatic heterocycles. The number of nitrogens with two attached hydrogens (primary N) is 1. The highest BCUT2D eigenvalue weighted by molar-refractivity contribution is 5.94. The van der Waals surface area contributed by atoms with Crippen molar-refractivity contribution in [2.24, 2.45) is 5.73 Å². The van der Waals surface area contributed by atoms with Gasteiger partial charge < -0.3 is 16.0 Å². The summed E-state index contributed by atoms with van der Waals surface area (Å²) in [5.41, 5.74) is 9.35. The molecule has 0 aliphatic rings. The van der Waals surface area contributed by atoms with Crippen LogP contribution < -0.4 is 11.1 Å². The second-order valence-electron chi connectivity index (χ2n) is 6.17. The molecule has 0 bridgehead atoms. The zero-order chi connectivity index (χ0) is 16.8. The van der Waals surface area contributed by atoms with Gasteiger partial charge in [0, 0.05) is 24.3 Å². The summed E-state index contributed by atoms with van der Waals surface area (Å²) in [6.07, 6.45) is 0. The summed E-state index contributed by atoms with van der Waals surface area (Å²) in [4.78, 5) is 13.5. The van der Waals surface area contributed by atoms with Crippen LogP contribution in [0.3, 0.4) is 0 Å². The summed E-state index contributed by atoms with van der Waals surface area (Å²) in [6.45, 7) is 3.79. The lowest BCUT2D eigenvalue weighted by molar-refractivity contribution is 0.100. The molecule has 4 heteroatoms. The maximum atomic E-state index is 11.4. The van der Waals surface area contributed by atoms with Crippen LogP contribution in [0.2, 0.25) is 0 Å². The summed E-state index contributed by atoms with van der Waals surface area (Å²) < 4.78 is 0. The van der Waals surface area contributed by atoms with Crippen molar-refractivity contribution >= 4 is 11.6 Å². The molecule has 0 saturated carbocycles. The van der Waals surface area contributed by atoms with Crippen molar-refractivity contribution in [1.29, 1.82) is 0 Å². The van der Waals surface area contributed by atoms with Crippen molar-refractivity contribution in [1.82, 2.24) is 4.90 Å². The number of anilines is 1. The summed E-state index contributed by atoms with van der Waals surface area (Å²) in [7, 11) is 4.05. The largest absolute Gasteiger partial charge is 0.384 e. The standard InChI is InChI=1S/C19H25N3O/c1-14(15-7-5-4-6-8-15)12-21-18-11-16(19(20)23)9-10-17(18)13-22(2)3/h4-11,14,21H,12-13H2,1-3H3,(H2,20,23)/t14-/m1/s1. The van der Waals surface area contributed by atoms with Crippen molar-refractivity contribution in [3.8, 4) is 0 Å². The van der Waals surface area contributed by atoms with Gasteiger partial charge in [-0.05, 0) is 43.3 Å². The van der Waals surface area contributed by atoms with E-state index >= 15 is 0 Å². The smallest absolute Gasteiger partial charge is 0.248 e. The molecule has 0 saturated heterocycles. The fourth-order valence-electron chi connectivity index (χ4n) is 2.54. The van der Waals surface area contributed by atoms with E-state index in [1.54, 1.807) is 6.07 Å². The Morgan fingerprint density at radius 2 is 1.87 bits per heavy atom. The Bertz CT molecular complexity index is 653. The molecule has 2 rings (SSSR count). The number of primary amides is 1. The number of nitrogens with one attached hydrogen (secondary N) is 1. The maximum Gasteiger partial charge on any atom is 0.248 e. The first-order valence-corrected chi connectivity index (χ1v) is 7.83. The van der Waals surface area contributed by atoms with Gasteiger partial charge in [-0.1, -0.05) is 43.3 Å². The Hall–Kier alpha value is -2.33. The molecule has 0 unspecified atom stereocenters. The van der Waals surface area contributed by atoms with Gasteiger partial charge in [-0.3, -0.25) is 4.79 Å². The number of hydrogen-bond donors (Lipinski definition) is 2. The molecule has 0 fully saturated rings. The van der Waals surface area contributed by atoms with Crippen molar-refractivity contribution in [2.45, 2.75) is 19.4 Å². The molecule has 0 aliphatic carbocycles. The Kier molecular flexibility index (Phi) is 5.77. The minimum Gasteiger partial charge on any atom is -0.384 e. The van der Waals surface area contributed by atoms with Crippen LogP contribution in [0.1, 0.15) is 34.3 Å². The molecule has 23 heavy (non-hydrogen) atoms. The van der Waals surface area contributed by atoms with Crippen LogP contribution in [0.4, 0.5) is 5.69 Å². The fraction of sp³-hybridized carbons (Fsp3) is 0.316. The quantitative estimate of drug-likeness (QED) is 0.826. The van der Waals surface area contributed by atoms with Gasteiger partial charge in [-0.2, -0.15) is 0 Å². The van der Waals surface area contributed by atoms with Gasteiger partial charge in [-0.25, -0.2) is 0 Å². The van der Waals surface area contributed by atoms with E-state index in [4.69, 9.17) is 5.73 Å². The number of rotatable bonds is 7. The summed E-state index contributed by atoms with van der Waals surface area (Å²) in [5, 5.41) is 3.48. The normalized spacial score (nSPS) is 12.2. The highest BCUT2D eigenvalue weighted by atomic mass is 16.1. The third-order valence-electron chi connectivity index (χ3n) is 3.85. The highest BCUT2D eigenvalue weighted by Gasteiger charge is 2.10. The van der Waals surface area contributed by atoms with Crippen molar-refractivity contribution in [3.05, 3.63) is 65.2 Å². The Balaban J connectivity index is 2.16. The fourth-order valence-corrected chi connectivity index (χ4v) is 2.54. The lowest BCUT2D eigenvalue weighted by atomic mass is 10.0. The van der Waals surface area contributed by atoms with Crippen LogP contribution in [0.15, 0.2) is 48.5 Å². The average molecular weight is 311 g/mol. The SMILES string of the molecule is C[C@H](CNc1cc(C(N)=O)ccc1CN(C)C)c1ccccc1. The maximum absolute atomic E-state index is 11.4. The number of hydrogen-bond acceptors (Lipinski definition) is 3. The topological polar surface area (TPSA) is 58.4 Å². The Morgan fingerprint density at radius 3 is 2.48 bits per heavy atom. The van der Waals surface area contributed by atoms with Crippen LogP contribution in [-0.4, -0.2) is 31.4 Å². The number of benzene rings is 2. The van der Waals surface area contributed by atoms with E-state index in [1.807, 2.05) is 32.3 Å². The van der Waals surface area contributed by atoms with E-state index in [-0.39, 0.29) is 0 Å². The summed E-state index contributed by atoms with van der Waals surface area (Å²) in [6, 6.07) is 16.0. The van der Waals surface area contributed by atoms with Crippen LogP contribution in [0.5, 0.6) is 0 Å². The predicted molar refractivity (Wildman–Crippen MR) is 95.7 cm³/mol. The van der Waals surface area contributed by atoms with Crippen molar-refractivity contribution < 1.29 is 4.79 Å². The molecular formula is C19H25N3O. The molecule has 3 N–H and O–H groups in total. The third-order valence-corrected chi connectivity index (χ3v) is 3.85. The van der Waals surface area contributed by atoms with Gasteiger partial charge in [0.1, 0.15) is 0 Å².